The molecular weight excluding hydrogens is 217 g/mol. The molecule has 1 aromatic carbocycles. The Labute approximate surface area is 101 Å². The van der Waals surface area contributed by atoms with Gasteiger partial charge in [-0.1, -0.05) is 6.07 Å². The summed E-state index contributed by atoms with van der Waals surface area (Å²) in [5.41, 5.74) is 1.08. The molecule has 0 unspecified atom stereocenters. The summed E-state index contributed by atoms with van der Waals surface area (Å²) in [5, 5.41) is 11.9. The minimum atomic E-state index is -0.412. The molecule has 0 aliphatic carbocycles. The van der Waals surface area contributed by atoms with Crippen LogP contribution in [-0.4, -0.2) is 37.6 Å². The van der Waals surface area contributed by atoms with Gasteiger partial charge in [0.15, 0.2) is 0 Å². The molecular formula is C13H16FN3. The van der Waals surface area contributed by atoms with E-state index in [9.17, 15) is 4.39 Å². The maximum atomic E-state index is 13.4. The van der Waals surface area contributed by atoms with Crippen LogP contribution in [0.3, 0.4) is 0 Å². The standard InChI is InChI=1S/C13H16FN3/c14-13-9-11(1-2-12(13)10-15)3-6-17-7-4-16-5-8-17/h1-2,9,16H,3-8H2. The summed E-state index contributed by atoms with van der Waals surface area (Å²) in [6, 6.07) is 6.70. The van der Waals surface area contributed by atoms with Crippen LogP contribution in [-0.2, 0) is 6.42 Å². The van der Waals surface area contributed by atoms with Crippen LogP contribution in [0.4, 0.5) is 4.39 Å². The van der Waals surface area contributed by atoms with Crippen LogP contribution in [0, 0.1) is 17.1 Å². The van der Waals surface area contributed by atoms with Gasteiger partial charge in [0, 0.05) is 32.7 Å². The number of nitrogens with one attached hydrogen (secondary N) is 1. The van der Waals surface area contributed by atoms with Crippen molar-refractivity contribution in [1.29, 1.82) is 5.26 Å². The normalized spacial score (nSPS) is 16.7. The average Bonchev–Trinajstić information content (AvgIpc) is 2.38. The molecule has 1 aliphatic rings. The summed E-state index contributed by atoms with van der Waals surface area (Å²) in [6.07, 6.45) is 0.836. The molecule has 2 rings (SSSR count). The molecule has 1 N–H and O–H groups in total. The summed E-state index contributed by atoms with van der Waals surface area (Å²) in [7, 11) is 0. The number of nitriles is 1. The zero-order valence-electron chi connectivity index (χ0n) is 9.75. The smallest absolute Gasteiger partial charge is 0.141 e. The van der Waals surface area contributed by atoms with Gasteiger partial charge in [-0.2, -0.15) is 5.26 Å². The second-order valence-corrected chi connectivity index (χ2v) is 4.27. The molecule has 4 heteroatoms. The lowest BCUT2D eigenvalue weighted by Gasteiger charge is -2.27. The van der Waals surface area contributed by atoms with Crippen molar-refractivity contribution in [1.82, 2.24) is 10.2 Å². The first-order chi connectivity index (χ1) is 8.29. The highest BCUT2D eigenvalue weighted by Gasteiger charge is 2.09. The second-order valence-electron chi connectivity index (χ2n) is 4.27. The highest BCUT2D eigenvalue weighted by atomic mass is 19.1. The SMILES string of the molecule is N#Cc1ccc(CCN2CCNCC2)cc1F. The van der Waals surface area contributed by atoms with Crippen molar-refractivity contribution in [3.05, 3.63) is 35.1 Å². The van der Waals surface area contributed by atoms with Crippen LogP contribution >= 0.6 is 0 Å². The minimum Gasteiger partial charge on any atom is -0.314 e. The number of nitrogens with zero attached hydrogens (tertiary/aromatic N) is 2. The number of hydrogen-bond donors (Lipinski definition) is 1. The third-order valence-corrected chi connectivity index (χ3v) is 3.08. The largest absolute Gasteiger partial charge is 0.314 e. The van der Waals surface area contributed by atoms with Gasteiger partial charge < -0.3 is 10.2 Å². The highest BCUT2D eigenvalue weighted by Crippen LogP contribution is 2.10. The fourth-order valence-electron chi connectivity index (χ4n) is 2.03. The Bertz CT molecular complexity index is 419. The zero-order chi connectivity index (χ0) is 12.1. The minimum absolute atomic E-state index is 0.121. The van der Waals surface area contributed by atoms with Crippen LogP contribution in [0.25, 0.3) is 0 Å². The van der Waals surface area contributed by atoms with Gasteiger partial charge in [-0.05, 0) is 24.1 Å². The Kier molecular flexibility index (Phi) is 4.08. The molecule has 0 spiro atoms. The molecule has 0 bridgehead atoms. The van der Waals surface area contributed by atoms with Crippen LogP contribution in [0.2, 0.25) is 0 Å². The Balaban J connectivity index is 1.90. The summed E-state index contributed by atoms with van der Waals surface area (Å²) < 4.78 is 13.4. The molecule has 3 nitrogen and oxygen atoms in total. The first-order valence-corrected chi connectivity index (χ1v) is 5.91. The predicted octanol–water partition coefficient (Wildman–Crippen LogP) is 1.15. The van der Waals surface area contributed by atoms with E-state index in [4.69, 9.17) is 5.26 Å². The first kappa shape index (κ1) is 12.0. The van der Waals surface area contributed by atoms with E-state index in [-0.39, 0.29) is 5.56 Å². The van der Waals surface area contributed by atoms with E-state index in [1.54, 1.807) is 6.07 Å². The van der Waals surface area contributed by atoms with Gasteiger partial charge >= 0.3 is 0 Å². The molecule has 0 atom stereocenters. The molecule has 1 aliphatic heterocycles. The molecule has 0 amide bonds. The van der Waals surface area contributed by atoms with E-state index in [1.807, 2.05) is 12.1 Å². The van der Waals surface area contributed by atoms with Gasteiger partial charge in [0.1, 0.15) is 11.9 Å². The number of rotatable bonds is 3. The monoisotopic (exact) mass is 233 g/mol. The van der Waals surface area contributed by atoms with Crippen LogP contribution < -0.4 is 5.32 Å². The quantitative estimate of drug-likeness (QED) is 0.851. The van der Waals surface area contributed by atoms with E-state index in [2.05, 4.69) is 10.2 Å². The number of hydrogen-bond acceptors (Lipinski definition) is 3. The zero-order valence-corrected chi connectivity index (χ0v) is 9.75. The van der Waals surface area contributed by atoms with Crippen molar-refractivity contribution in [2.45, 2.75) is 6.42 Å². The molecule has 0 saturated carbocycles. The molecule has 1 aromatic rings. The van der Waals surface area contributed by atoms with Crippen molar-refractivity contribution in [3.63, 3.8) is 0 Å². The van der Waals surface area contributed by atoms with Gasteiger partial charge in [-0.25, -0.2) is 4.39 Å². The Morgan fingerprint density at radius 3 is 2.76 bits per heavy atom. The summed E-state index contributed by atoms with van der Waals surface area (Å²) in [6.45, 7) is 5.12. The number of halogens is 1. The fourth-order valence-corrected chi connectivity index (χ4v) is 2.03. The fraction of sp³-hybridized carbons (Fsp3) is 0.462. The molecule has 1 fully saturated rings. The van der Waals surface area contributed by atoms with Gasteiger partial charge in [-0.3, -0.25) is 0 Å². The van der Waals surface area contributed by atoms with E-state index >= 15 is 0 Å². The summed E-state index contributed by atoms with van der Waals surface area (Å²) in [5.74, 6) is -0.412. The lowest BCUT2D eigenvalue weighted by molar-refractivity contribution is 0.244. The van der Waals surface area contributed by atoms with E-state index in [0.29, 0.717) is 0 Å². The Morgan fingerprint density at radius 1 is 1.35 bits per heavy atom. The summed E-state index contributed by atoms with van der Waals surface area (Å²) in [4.78, 5) is 2.37. The molecule has 0 radical (unpaired) electrons. The summed E-state index contributed by atoms with van der Waals surface area (Å²) >= 11 is 0. The lowest BCUT2D eigenvalue weighted by Crippen LogP contribution is -2.44. The van der Waals surface area contributed by atoms with Crippen molar-refractivity contribution in [2.24, 2.45) is 0 Å². The van der Waals surface area contributed by atoms with Crippen LogP contribution in [0.1, 0.15) is 11.1 Å². The topological polar surface area (TPSA) is 39.1 Å². The van der Waals surface area contributed by atoms with E-state index in [0.717, 1.165) is 44.7 Å². The Morgan fingerprint density at radius 2 is 2.12 bits per heavy atom. The molecule has 1 heterocycles. The first-order valence-electron chi connectivity index (χ1n) is 5.91. The third kappa shape index (κ3) is 3.26. The van der Waals surface area contributed by atoms with Gasteiger partial charge in [0.2, 0.25) is 0 Å². The predicted molar refractivity (Wildman–Crippen MR) is 64.1 cm³/mol. The maximum Gasteiger partial charge on any atom is 0.141 e. The number of benzene rings is 1. The molecule has 1 saturated heterocycles. The third-order valence-electron chi connectivity index (χ3n) is 3.08. The molecule has 90 valence electrons. The average molecular weight is 233 g/mol. The van der Waals surface area contributed by atoms with E-state index in [1.165, 1.54) is 6.07 Å². The van der Waals surface area contributed by atoms with Crippen molar-refractivity contribution >= 4 is 0 Å². The number of piperazine rings is 1. The van der Waals surface area contributed by atoms with E-state index < -0.39 is 5.82 Å². The van der Waals surface area contributed by atoms with Crippen molar-refractivity contribution in [2.75, 3.05) is 32.7 Å². The Hall–Kier alpha value is -1.44. The van der Waals surface area contributed by atoms with Crippen LogP contribution in [0.15, 0.2) is 18.2 Å². The molecule has 17 heavy (non-hydrogen) atoms. The van der Waals surface area contributed by atoms with Crippen molar-refractivity contribution < 1.29 is 4.39 Å². The maximum absolute atomic E-state index is 13.4. The van der Waals surface area contributed by atoms with Crippen molar-refractivity contribution in [3.8, 4) is 6.07 Å². The van der Waals surface area contributed by atoms with Crippen LogP contribution in [0.5, 0.6) is 0 Å². The highest BCUT2D eigenvalue weighted by molar-refractivity contribution is 5.33. The second kappa shape index (κ2) is 5.76. The van der Waals surface area contributed by atoms with Gasteiger partial charge in [-0.15, -0.1) is 0 Å². The molecule has 0 aromatic heterocycles. The van der Waals surface area contributed by atoms with Gasteiger partial charge in [0.25, 0.3) is 0 Å². The lowest BCUT2D eigenvalue weighted by atomic mass is 10.1. The van der Waals surface area contributed by atoms with Gasteiger partial charge in [0.05, 0.1) is 5.56 Å².